The van der Waals surface area contributed by atoms with E-state index >= 15 is 0 Å². The summed E-state index contributed by atoms with van der Waals surface area (Å²) in [4.78, 5) is 2.55. The van der Waals surface area contributed by atoms with Crippen molar-refractivity contribution in [2.45, 2.75) is 53.0 Å². The molecule has 120 valence electrons. The maximum Gasteiger partial charge on any atom is 0.0560 e. The maximum atomic E-state index is 2.55. The van der Waals surface area contributed by atoms with Crippen molar-refractivity contribution in [2.24, 2.45) is 0 Å². The molecule has 0 fully saturated rings. The molecular weight excluding hydrogens is 278 g/mol. The van der Waals surface area contributed by atoms with Crippen LogP contribution in [0, 0.1) is 13.8 Å². The van der Waals surface area contributed by atoms with Gasteiger partial charge in [-0.2, -0.15) is 0 Å². The zero-order valence-electron chi connectivity index (χ0n) is 14.8. The predicted octanol–water partition coefficient (Wildman–Crippen LogP) is 6.01. The second kappa shape index (κ2) is 6.62. The Bertz CT molecular complexity index is 715. The van der Waals surface area contributed by atoms with E-state index < -0.39 is 0 Å². The number of allylic oxidation sites excluding steroid dienone is 5. The summed E-state index contributed by atoms with van der Waals surface area (Å²) in [6.45, 7) is 8.90. The molecule has 2 aliphatic carbocycles. The lowest BCUT2D eigenvalue weighted by Gasteiger charge is -2.40. The number of aryl methyl sites for hydroxylation is 2. The van der Waals surface area contributed by atoms with Gasteiger partial charge in [0, 0.05) is 11.4 Å². The molecule has 0 saturated heterocycles. The highest BCUT2D eigenvalue weighted by Gasteiger charge is 2.28. The molecule has 0 spiro atoms. The Balaban J connectivity index is 2.00. The second-order valence-corrected chi connectivity index (χ2v) is 6.72. The van der Waals surface area contributed by atoms with Gasteiger partial charge in [-0.1, -0.05) is 55.3 Å². The summed E-state index contributed by atoms with van der Waals surface area (Å²) in [5.74, 6) is 0. The Morgan fingerprint density at radius 3 is 2.57 bits per heavy atom. The highest BCUT2D eigenvalue weighted by Crippen LogP contribution is 2.39. The number of hydrogen-bond donors (Lipinski definition) is 0. The van der Waals surface area contributed by atoms with E-state index in [1.54, 1.807) is 0 Å². The summed E-state index contributed by atoms with van der Waals surface area (Å²) < 4.78 is 0. The van der Waals surface area contributed by atoms with Crippen molar-refractivity contribution in [3.05, 3.63) is 76.5 Å². The molecule has 1 unspecified atom stereocenters. The summed E-state index contributed by atoms with van der Waals surface area (Å²) in [5, 5.41) is 0. The van der Waals surface area contributed by atoms with E-state index in [9.17, 15) is 0 Å². The number of benzene rings is 1. The topological polar surface area (TPSA) is 3.24 Å². The van der Waals surface area contributed by atoms with Crippen LogP contribution in [0.5, 0.6) is 0 Å². The zero-order valence-corrected chi connectivity index (χ0v) is 14.8. The van der Waals surface area contributed by atoms with Gasteiger partial charge in [-0.25, -0.2) is 0 Å². The molecule has 1 aromatic rings. The molecular formula is C22H27N. The molecule has 0 bridgehead atoms. The standard InChI is InChI=1S/C22H27N/c1-5-9-20-17(3)15-22(20)23(19-10-7-6-8-11-19)21-13-12-16(2)14-18(21)4/h6-8,10,12-15,19H,5,9,11H2,1-4H3. The minimum Gasteiger partial charge on any atom is -0.334 e. The molecule has 3 rings (SSSR count). The van der Waals surface area contributed by atoms with E-state index in [1.807, 2.05) is 0 Å². The Morgan fingerprint density at radius 2 is 1.96 bits per heavy atom. The summed E-state index contributed by atoms with van der Waals surface area (Å²) in [7, 11) is 0. The first-order chi connectivity index (χ1) is 11.1. The van der Waals surface area contributed by atoms with Gasteiger partial charge >= 0.3 is 0 Å². The first-order valence-corrected chi connectivity index (χ1v) is 8.73. The van der Waals surface area contributed by atoms with Crippen LogP contribution in [0.2, 0.25) is 0 Å². The van der Waals surface area contributed by atoms with Crippen LogP contribution in [0.3, 0.4) is 0 Å². The number of nitrogens with zero attached hydrogens (tertiary/aromatic N) is 1. The van der Waals surface area contributed by atoms with Gasteiger partial charge in [-0.15, -0.1) is 0 Å². The third kappa shape index (κ3) is 3.06. The quantitative estimate of drug-likeness (QED) is 0.644. The minimum atomic E-state index is 0.410. The molecule has 23 heavy (non-hydrogen) atoms. The minimum absolute atomic E-state index is 0.410. The van der Waals surface area contributed by atoms with Gasteiger partial charge in [0.15, 0.2) is 0 Å². The van der Waals surface area contributed by atoms with Gasteiger partial charge in [0.1, 0.15) is 0 Å². The Hall–Kier alpha value is -2.02. The first-order valence-electron chi connectivity index (χ1n) is 8.73. The van der Waals surface area contributed by atoms with E-state index in [1.165, 1.54) is 46.5 Å². The number of hydrogen-bond acceptors (Lipinski definition) is 1. The van der Waals surface area contributed by atoms with Crippen molar-refractivity contribution in [2.75, 3.05) is 4.90 Å². The number of anilines is 1. The molecule has 0 N–H and O–H groups in total. The Kier molecular flexibility index (Phi) is 4.56. The van der Waals surface area contributed by atoms with Gasteiger partial charge in [-0.05, 0) is 62.5 Å². The lowest BCUT2D eigenvalue weighted by Crippen LogP contribution is -2.37. The molecule has 0 aliphatic heterocycles. The van der Waals surface area contributed by atoms with Crippen molar-refractivity contribution in [1.29, 1.82) is 0 Å². The van der Waals surface area contributed by atoms with Crippen LogP contribution in [-0.4, -0.2) is 6.04 Å². The second-order valence-electron chi connectivity index (χ2n) is 6.72. The molecule has 0 amide bonds. The van der Waals surface area contributed by atoms with Crippen LogP contribution in [0.25, 0.3) is 0 Å². The van der Waals surface area contributed by atoms with E-state index in [4.69, 9.17) is 0 Å². The molecule has 2 aliphatic rings. The monoisotopic (exact) mass is 305 g/mol. The molecule has 1 aromatic carbocycles. The molecule has 1 nitrogen and oxygen atoms in total. The third-order valence-corrected chi connectivity index (χ3v) is 4.80. The lowest BCUT2D eigenvalue weighted by molar-refractivity contribution is 0.731. The van der Waals surface area contributed by atoms with E-state index in [0.717, 1.165) is 6.42 Å². The smallest absolute Gasteiger partial charge is 0.0560 e. The highest BCUT2D eigenvalue weighted by molar-refractivity contribution is 5.69. The van der Waals surface area contributed by atoms with Crippen LogP contribution >= 0.6 is 0 Å². The van der Waals surface area contributed by atoms with Gasteiger partial charge in [0.25, 0.3) is 0 Å². The molecule has 1 heteroatoms. The normalized spacial score (nSPS) is 19.7. The average Bonchev–Trinajstić information content (AvgIpc) is 2.55. The average molecular weight is 305 g/mol. The van der Waals surface area contributed by atoms with Crippen LogP contribution in [-0.2, 0) is 0 Å². The third-order valence-electron chi connectivity index (χ3n) is 4.80. The summed E-state index contributed by atoms with van der Waals surface area (Å²) in [6.07, 6.45) is 14.7. The van der Waals surface area contributed by atoms with Crippen molar-refractivity contribution in [3.63, 3.8) is 0 Å². The molecule has 1 atom stereocenters. The van der Waals surface area contributed by atoms with Crippen LogP contribution in [0.1, 0.15) is 44.2 Å². The van der Waals surface area contributed by atoms with E-state index in [2.05, 4.69) is 81.2 Å². The summed E-state index contributed by atoms with van der Waals surface area (Å²) in [6, 6.07) is 7.22. The highest BCUT2D eigenvalue weighted by atomic mass is 15.2. The first kappa shape index (κ1) is 15.9. The van der Waals surface area contributed by atoms with Crippen LogP contribution in [0.15, 0.2) is 65.4 Å². The summed E-state index contributed by atoms with van der Waals surface area (Å²) >= 11 is 0. The maximum absolute atomic E-state index is 2.55. The molecule has 0 radical (unpaired) electrons. The Morgan fingerprint density at radius 1 is 1.13 bits per heavy atom. The van der Waals surface area contributed by atoms with Crippen LogP contribution in [0.4, 0.5) is 5.69 Å². The molecule has 0 aromatic heterocycles. The van der Waals surface area contributed by atoms with Crippen molar-refractivity contribution >= 4 is 5.69 Å². The van der Waals surface area contributed by atoms with Crippen LogP contribution < -0.4 is 4.90 Å². The fraction of sp³-hybridized carbons (Fsp3) is 0.364. The van der Waals surface area contributed by atoms with Gasteiger partial charge in [0.2, 0.25) is 0 Å². The zero-order chi connectivity index (χ0) is 16.4. The van der Waals surface area contributed by atoms with Gasteiger partial charge in [-0.3, -0.25) is 0 Å². The Labute approximate surface area is 140 Å². The molecule has 0 saturated carbocycles. The van der Waals surface area contributed by atoms with Crippen molar-refractivity contribution < 1.29 is 0 Å². The van der Waals surface area contributed by atoms with Gasteiger partial charge < -0.3 is 4.90 Å². The fourth-order valence-corrected chi connectivity index (χ4v) is 3.62. The van der Waals surface area contributed by atoms with Crippen molar-refractivity contribution in [3.8, 4) is 0 Å². The SMILES string of the molecule is CCCC1=C(C)C=C1N(c1ccc(C)cc1C)C1C=CC=CC1. The van der Waals surface area contributed by atoms with E-state index in [0.29, 0.717) is 6.04 Å². The molecule has 0 heterocycles. The lowest BCUT2D eigenvalue weighted by atomic mass is 9.88. The largest absolute Gasteiger partial charge is 0.334 e. The van der Waals surface area contributed by atoms with Gasteiger partial charge in [0.05, 0.1) is 6.04 Å². The van der Waals surface area contributed by atoms with E-state index in [-0.39, 0.29) is 0 Å². The fourth-order valence-electron chi connectivity index (χ4n) is 3.62. The van der Waals surface area contributed by atoms with Crippen molar-refractivity contribution in [1.82, 2.24) is 0 Å². The predicted molar refractivity (Wildman–Crippen MR) is 101 cm³/mol. The summed E-state index contributed by atoms with van der Waals surface area (Å²) in [5.41, 5.74) is 8.43. The number of rotatable bonds is 5.